The Kier molecular flexibility index (Phi) is 2.88. The van der Waals surface area contributed by atoms with Gasteiger partial charge in [-0.2, -0.15) is 0 Å². The van der Waals surface area contributed by atoms with Gasteiger partial charge in [-0.25, -0.2) is 4.39 Å². The Balaban J connectivity index is 2.32. The molecule has 3 heteroatoms. The van der Waals surface area contributed by atoms with Gasteiger partial charge < -0.3 is 4.74 Å². The molecule has 1 saturated heterocycles. The van der Waals surface area contributed by atoms with Gasteiger partial charge >= 0.3 is 0 Å². The molecule has 0 aromatic heterocycles. The first-order chi connectivity index (χ1) is 6.72. The highest BCUT2D eigenvalue weighted by atomic mass is 79.9. The maximum Gasteiger partial charge on any atom is 0.141 e. The lowest BCUT2D eigenvalue weighted by Gasteiger charge is -2.30. The van der Waals surface area contributed by atoms with Crippen LogP contribution in [0.1, 0.15) is 18.4 Å². The zero-order valence-corrected chi connectivity index (χ0v) is 9.39. The van der Waals surface area contributed by atoms with E-state index in [-0.39, 0.29) is 0 Å². The SMILES string of the molecule is FC1(c2ccccc2Br)CCOCC1. The van der Waals surface area contributed by atoms with E-state index in [1.807, 2.05) is 24.3 Å². The lowest BCUT2D eigenvalue weighted by Crippen LogP contribution is -2.29. The van der Waals surface area contributed by atoms with Gasteiger partial charge in [0.15, 0.2) is 0 Å². The summed E-state index contributed by atoms with van der Waals surface area (Å²) in [5.41, 5.74) is -0.457. The van der Waals surface area contributed by atoms with Gasteiger partial charge in [0.1, 0.15) is 5.67 Å². The molecule has 0 aliphatic carbocycles. The second-order valence-corrected chi connectivity index (χ2v) is 4.41. The van der Waals surface area contributed by atoms with Crippen LogP contribution in [0, 0.1) is 0 Å². The van der Waals surface area contributed by atoms with E-state index < -0.39 is 5.67 Å². The molecule has 1 aromatic rings. The van der Waals surface area contributed by atoms with E-state index in [1.54, 1.807) is 0 Å². The zero-order chi connectivity index (χ0) is 10.0. The van der Waals surface area contributed by atoms with Crippen molar-refractivity contribution in [3.05, 3.63) is 34.3 Å². The fourth-order valence-corrected chi connectivity index (χ4v) is 2.43. The Morgan fingerprint density at radius 2 is 1.86 bits per heavy atom. The molecule has 0 N–H and O–H groups in total. The summed E-state index contributed by atoms with van der Waals surface area (Å²) in [6, 6.07) is 7.49. The van der Waals surface area contributed by atoms with Gasteiger partial charge in [0.25, 0.3) is 0 Å². The molecule has 1 nitrogen and oxygen atoms in total. The van der Waals surface area contributed by atoms with E-state index in [9.17, 15) is 4.39 Å². The molecule has 0 atom stereocenters. The van der Waals surface area contributed by atoms with E-state index in [0.717, 1.165) is 10.0 Å². The van der Waals surface area contributed by atoms with E-state index in [1.165, 1.54) is 0 Å². The van der Waals surface area contributed by atoms with Gasteiger partial charge in [0, 0.05) is 36.1 Å². The number of rotatable bonds is 1. The average Bonchev–Trinajstić information content (AvgIpc) is 2.19. The third-order valence-electron chi connectivity index (χ3n) is 2.64. The minimum Gasteiger partial charge on any atom is -0.381 e. The van der Waals surface area contributed by atoms with E-state index >= 15 is 0 Å². The summed E-state index contributed by atoms with van der Waals surface area (Å²) in [7, 11) is 0. The molecule has 1 aromatic carbocycles. The standard InChI is InChI=1S/C11H12BrFO/c12-10-4-2-1-3-9(10)11(13)5-7-14-8-6-11/h1-4H,5-8H2. The summed E-state index contributed by atoms with van der Waals surface area (Å²) in [6.07, 6.45) is 0.908. The van der Waals surface area contributed by atoms with Crippen LogP contribution in [0.5, 0.6) is 0 Å². The molecular weight excluding hydrogens is 247 g/mol. The largest absolute Gasteiger partial charge is 0.381 e. The molecule has 1 aliphatic heterocycles. The smallest absolute Gasteiger partial charge is 0.141 e. The molecule has 0 amide bonds. The predicted molar refractivity (Wildman–Crippen MR) is 57.0 cm³/mol. The van der Waals surface area contributed by atoms with Crippen LogP contribution in [0.2, 0.25) is 0 Å². The Morgan fingerprint density at radius 1 is 1.21 bits per heavy atom. The Bertz CT molecular complexity index is 321. The van der Waals surface area contributed by atoms with Crippen LogP contribution < -0.4 is 0 Å². The van der Waals surface area contributed by atoms with Gasteiger partial charge in [-0.05, 0) is 6.07 Å². The Hall–Kier alpha value is -0.410. The van der Waals surface area contributed by atoms with Crippen LogP contribution in [0.4, 0.5) is 4.39 Å². The molecule has 2 rings (SSSR count). The lowest BCUT2D eigenvalue weighted by atomic mass is 9.88. The maximum atomic E-state index is 14.5. The highest BCUT2D eigenvalue weighted by Crippen LogP contribution is 2.39. The molecular formula is C11H12BrFO. The normalized spacial score (nSPS) is 20.7. The van der Waals surface area contributed by atoms with Gasteiger partial charge in [-0.1, -0.05) is 34.1 Å². The molecule has 0 radical (unpaired) electrons. The van der Waals surface area contributed by atoms with Gasteiger partial charge in [-0.3, -0.25) is 0 Å². The molecule has 0 spiro atoms. The van der Waals surface area contributed by atoms with E-state index in [0.29, 0.717) is 26.1 Å². The van der Waals surface area contributed by atoms with Crippen LogP contribution in [0.3, 0.4) is 0 Å². The summed E-state index contributed by atoms with van der Waals surface area (Å²) in [4.78, 5) is 0. The van der Waals surface area contributed by atoms with E-state index in [2.05, 4.69) is 15.9 Å². The van der Waals surface area contributed by atoms with Crippen molar-refractivity contribution >= 4 is 15.9 Å². The Morgan fingerprint density at radius 3 is 2.50 bits per heavy atom. The van der Waals surface area contributed by atoms with Crippen LogP contribution in [-0.2, 0) is 10.4 Å². The summed E-state index contributed by atoms with van der Waals surface area (Å²) >= 11 is 3.39. The summed E-state index contributed by atoms with van der Waals surface area (Å²) in [5, 5.41) is 0. The number of alkyl halides is 1. The van der Waals surface area contributed by atoms with Gasteiger partial charge in [0.2, 0.25) is 0 Å². The molecule has 1 fully saturated rings. The van der Waals surface area contributed by atoms with Gasteiger partial charge in [-0.15, -0.1) is 0 Å². The van der Waals surface area contributed by atoms with Crippen molar-refractivity contribution in [3.63, 3.8) is 0 Å². The molecule has 76 valence electrons. The summed E-state index contributed by atoms with van der Waals surface area (Å²) in [6.45, 7) is 1.02. The second kappa shape index (κ2) is 3.99. The summed E-state index contributed by atoms with van der Waals surface area (Å²) < 4.78 is 20.5. The van der Waals surface area contributed by atoms with Crippen molar-refractivity contribution in [2.75, 3.05) is 13.2 Å². The van der Waals surface area contributed by atoms with Crippen molar-refractivity contribution in [3.8, 4) is 0 Å². The highest BCUT2D eigenvalue weighted by molar-refractivity contribution is 9.10. The first kappa shape index (κ1) is 10.1. The molecule has 1 heterocycles. The van der Waals surface area contributed by atoms with Gasteiger partial charge in [0.05, 0.1) is 0 Å². The maximum absolute atomic E-state index is 14.5. The van der Waals surface area contributed by atoms with Crippen LogP contribution in [0.25, 0.3) is 0 Å². The lowest BCUT2D eigenvalue weighted by molar-refractivity contribution is -0.0118. The average molecular weight is 259 g/mol. The summed E-state index contributed by atoms with van der Waals surface area (Å²) in [5.74, 6) is 0. The molecule has 0 unspecified atom stereocenters. The Labute approximate surface area is 91.4 Å². The molecule has 0 bridgehead atoms. The predicted octanol–water partition coefficient (Wildman–Crippen LogP) is 3.42. The highest BCUT2D eigenvalue weighted by Gasteiger charge is 2.35. The fourth-order valence-electron chi connectivity index (χ4n) is 1.79. The minimum absolute atomic E-state index is 0.454. The molecule has 1 aliphatic rings. The monoisotopic (exact) mass is 258 g/mol. The zero-order valence-electron chi connectivity index (χ0n) is 7.80. The number of hydrogen-bond acceptors (Lipinski definition) is 1. The second-order valence-electron chi connectivity index (χ2n) is 3.56. The third kappa shape index (κ3) is 1.84. The number of hydrogen-bond donors (Lipinski definition) is 0. The molecule has 0 saturated carbocycles. The van der Waals surface area contributed by atoms with Crippen molar-refractivity contribution in [2.45, 2.75) is 18.5 Å². The number of benzene rings is 1. The van der Waals surface area contributed by atoms with Crippen molar-refractivity contribution in [1.82, 2.24) is 0 Å². The minimum atomic E-state index is -1.21. The van der Waals surface area contributed by atoms with Crippen LogP contribution in [-0.4, -0.2) is 13.2 Å². The quantitative estimate of drug-likeness (QED) is 0.750. The first-order valence-corrected chi connectivity index (χ1v) is 5.53. The third-order valence-corrected chi connectivity index (χ3v) is 3.33. The van der Waals surface area contributed by atoms with Crippen molar-refractivity contribution in [1.29, 1.82) is 0 Å². The van der Waals surface area contributed by atoms with Crippen LogP contribution >= 0.6 is 15.9 Å². The van der Waals surface area contributed by atoms with E-state index in [4.69, 9.17) is 4.74 Å². The van der Waals surface area contributed by atoms with Crippen LogP contribution in [0.15, 0.2) is 28.7 Å². The van der Waals surface area contributed by atoms with Crippen molar-refractivity contribution < 1.29 is 9.13 Å². The fraction of sp³-hybridized carbons (Fsp3) is 0.455. The topological polar surface area (TPSA) is 9.23 Å². The number of ether oxygens (including phenoxy) is 1. The molecule has 14 heavy (non-hydrogen) atoms. The number of halogens is 2. The van der Waals surface area contributed by atoms with Crippen molar-refractivity contribution in [2.24, 2.45) is 0 Å². The first-order valence-electron chi connectivity index (χ1n) is 4.74.